The minimum atomic E-state index is 0.103. The molecule has 0 aliphatic carbocycles. The van der Waals surface area contributed by atoms with Crippen LogP contribution in [0.3, 0.4) is 0 Å². The van der Waals surface area contributed by atoms with Crippen molar-refractivity contribution in [3.63, 3.8) is 0 Å². The monoisotopic (exact) mass is 269 g/mol. The van der Waals surface area contributed by atoms with E-state index in [2.05, 4.69) is 53.3 Å². The van der Waals surface area contributed by atoms with Gasteiger partial charge in [0.05, 0.1) is 6.61 Å². The second-order valence-corrected chi connectivity index (χ2v) is 5.48. The molecule has 0 spiro atoms. The van der Waals surface area contributed by atoms with Gasteiger partial charge in [0, 0.05) is 16.4 Å². The van der Waals surface area contributed by atoms with Crippen molar-refractivity contribution >= 4 is 15.9 Å². The van der Waals surface area contributed by atoms with E-state index in [9.17, 15) is 0 Å². The lowest BCUT2D eigenvalue weighted by Gasteiger charge is -2.17. The molecule has 1 heterocycles. The smallest absolute Gasteiger partial charge is 0.112 e. The van der Waals surface area contributed by atoms with E-state index in [1.54, 1.807) is 0 Å². The SMILES string of the molecule is CC1(C)COC(Cc2ccccc2Br)N1. The van der Waals surface area contributed by atoms with Crippen LogP contribution in [0.15, 0.2) is 28.7 Å². The average molecular weight is 270 g/mol. The van der Waals surface area contributed by atoms with Crippen LogP contribution in [0.1, 0.15) is 19.4 Å². The van der Waals surface area contributed by atoms with E-state index in [1.807, 2.05) is 6.07 Å². The summed E-state index contributed by atoms with van der Waals surface area (Å²) in [5.41, 5.74) is 1.39. The van der Waals surface area contributed by atoms with Crippen molar-refractivity contribution in [3.8, 4) is 0 Å². The second-order valence-electron chi connectivity index (χ2n) is 4.62. The molecule has 1 fully saturated rings. The highest BCUT2D eigenvalue weighted by Crippen LogP contribution is 2.21. The number of ether oxygens (including phenoxy) is 1. The lowest BCUT2D eigenvalue weighted by molar-refractivity contribution is 0.0986. The average Bonchev–Trinajstić information content (AvgIpc) is 2.50. The summed E-state index contributed by atoms with van der Waals surface area (Å²) in [6.07, 6.45) is 1.05. The van der Waals surface area contributed by atoms with Crippen LogP contribution in [-0.2, 0) is 11.2 Å². The molecule has 1 saturated heterocycles. The van der Waals surface area contributed by atoms with Crippen LogP contribution in [0.2, 0.25) is 0 Å². The molecule has 1 atom stereocenters. The number of hydrogen-bond donors (Lipinski definition) is 1. The zero-order chi connectivity index (χ0) is 10.9. The quantitative estimate of drug-likeness (QED) is 0.892. The summed E-state index contributed by atoms with van der Waals surface area (Å²) < 4.78 is 6.85. The molecule has 2 rings (SSSR count). The lowest BCUT2D eigenvalue weighted by atomic mass is 10.1. The fourth-order valence-corrected chi connectivity index (χ4v) is 2.25. The third kappa shape index (κ3) is 2.80. The fraction of sp³-hybridized carbons (Fsp3) is 0.500. The van der Waals surface area contributed by atoms with Gasteiger partial charge in [0.15, 0.2) is 0 Å². The van der Waals surface area contributed by atoms with Gasteiger partial charge in [0.25, 0.3) is 0 Å². The Morgan fingerprint density at radius 2 is 2.20 bits per heavy atom. The summed E-state index contributed by atoms with van der Waals surface area (Å²) in [6, 6.07) is 8.27. The number of benzene rings is 1. The maximum Gasteiger partial charge on any atom is 0.112 e. The molecule has 1 aliphatic heterocycles. The van der Waals surface area contributed by atoms with Crippen LogP contribution in [-0.4, -0.2) is 18.4 Å². The van der Waals surface area contributed by atoms with Crippen molar-refractivity contribution < 1.29 is 4.74 Å². The summed E-state index contributed by atoms with van der Waals surface area (Å²) >= 11 is 3.55. The van der Waals surface area contributed by atoms with Crippen LogP contribution in [0, 0.1) is 0 Å². The zero-order valence-electron chi connectivity index (χ0n) is 9.09. The number of nitrogens with one attached hydrogen (secondary N) is 1. The first-order valence-corrected chi connectivity index (χ1v) is 5.99. The first-order chi connectivity index (χ1) is 7.07. The highest BCUT2D eigenvalue weighted by atomic mass is 79.9. The maximum atomic E-state index is 5.70. The molecule has 0 bridgehead atoms. The predicted molar refractivity (Wildman–Crippen MR) is 64.8 cm³/mol. The molecule has 2 nitrogen and oxygen atoms in total. The number of halogens is 1. The molecule has 1 aromatic rings. The fourth-order valence-electron chi connectivity index (χ4n) is 1.80. The van der Waals surface area contributed by atoms with Gasteiger partial charge in [-0.1, -0.05) is 34.1 Å². The second kappa shape index (κ2) is 4.24. The van der Waals surface area contributed by atoms with Gasteiger partial charge in [0.1, 0.15) is 6.23 Å². The third-order valence-electron chi connectivity index (χ3n) is 2.56. The van der Waals surface area contributed by atoms with Crippen LogP contribution in [0.4, 0.5) is 0 Å². The Morgan fingerprint density at radius 3 is 2.80 bits per heavy atom. The predicted octanol–water partition coefficient (Wildman–Crippen LogP) is 2.72. The van der Waals surface area contributed by atoms with Crippen molar-refractivity contribution in [2.45, 2.75) is 32.0 Å². The van der Waals surface area contributed by atoms with E-state index in [0.29, 0.717) is 0 Å². The highest BCUT2D eigenvalue weighted by Gasteiger charge is 2.30. The summed E-state index contributed by atoms with van der Waals surface area (Å²) in [5, 5.41) is 3.46. The van der Waals surface area contributed by atoms with Gasteiger partial charge in [-0.05, 0) is 25.5 Å². The molecular weight excluding hydrogens is 254 g/mol. The van der Waals surface area contributed by atoms with Crippen molar-refractivity contribution in [3.05, 3.63) is 34.3 Å². The lowest BCUT2D eigenvalue weighted by Crippen LogP contribution is -2.39. The summed E-state index contributed by atoms with van der Waals surface area (Å²) in [5.74, 6) is 0. The van der Waals surface area contributed by atoms with E-state index < -0.39 is 0 Å². The summed E-state index contributed by atoms with van der Waals surface area (Å²) in [4.78, 5) is 0. The molecule has 0 aromatic heterocycles. The molecule has 1 aromatic carbocycles. The minimum Gasteiger partial charge on any atom is -0.361 e. The number of rotatable bonds is 2. The van der Waals surface area contributed by atoms with Crippen molar-refractivity contribution in [1.29, 1.82) is 0 Å². The van der Waals surface area contributed by atoms with E-state index in [-0.39, 0.29) is 11.8 Å². The Labute approximate surface area is 99.1 Å². The topological polar surface area (TPSA) is 21.3 Å². The van der Waals surface area contributed by atoms with Gasteiger partial charge < -0.3 is 4.74 Å². The molecule has 0 saturated carbocycles. The first kappa shape index (κ1) is 11.1. The number of hydrogen-bond acceptors (Lipinski definition) is 2. The largest absolute Gasteiger partial charge is 0.361 e. The Hall–Kier alpha value is -0.380. The van der Waals surface area contributed by atoms with Crippen LogP contribution < -0.4 is 5.32 Å². The zero-order valence-corrected chi connectivity index (χ0v) is 10.7. The van der Waals surface area contributed by atoms with E-state index in [1.165, 1.54) is 5.56 Å². The van der Waals surface area contributed by atoms with Gasteiger partial charge in [-0.3, -0.25) is 5.32 Å². The Morgan fingerprint density at radius 1 is 1.47 bits per heavy atom. The summed E-state index contributed by atoms with van der Waals surface area (Å²) in [7, 11) is 0. The van der Waals surface area contributed by atoms with Gasteiger partial charge in [-0.15, -0.1) is 0 Å². The molecular formula is C12H16BrNO. The molecule has 1 aliphatic rings. The van der Waals surface area contributed by atoms with Crippen molar-refractivity contribution in [2.24, 2.45) is 0 Å². The molecule has 0 radical (unpaired) electrons. The van der Waals surface area contributed by atoms with Crippen molar-refractivity contribution in [2.75, 3.05) is 6.61 Å². The van der Waals surface area contributed by atoms with E-state index >= 15 is 0 Å². The molecule has 1 unspecified atom stereocenters. The Bertz CT molecular complexity index is 351. The van der Waals surface area contributed by atoms with Gasteiger partial charge in [0.2, 0.25) is 0 Å². The van der Waals surface area contributed by atoms with Crippen molar-refractivity contribution in [1.82, 2.24) is 5.32 Å². The van der Waals surface area contributed by atoms with Gasteiger partial charge in [-0.25, -0.2) is 0 Å². The van der Waals surface area contributed by atoms with E-state index in [0.717, 1.165) is 17.5 Å². The maximum absolute atomic E-state index is 5.70. The standard InChI is InChI=1S/C12H16BrNO/c1-12(2)8-15-11(14-12)7-9-5-3-4-6-10(9)13/h3-6,11,14H,7-8H2,1-2H3. The van der Waals surface area contributed by atoms with Crippen LogP contribution in [0.25, 0.3) is 0 Å². The minimum absolute atomic E-state index is 0.103. The summed E-state index contributed by atoms with van der Waals surface area (Å²) in [6.45, 7) is 5.10. The van der Waals surface area contributed by atoms with E-state index in [4.69, 9.17) is 4.74 Å². The van der Waals surface area contributed by atoms with Crippen LogP contribution in [0.5, 0.6) is 0 Å². The normalized spacial score (nSPS) is 24.3. The molecule has 0 amide bonds. The van der Waals surface area contributed by atoms with Crippen LogP contribution >= 0.6 is 15.9 Å². The first-order valence-electron chi connectivity index (χ1n) is 5.19. The third-order valence-corrected chi connectivity index (χ3v) is 3.33. The molecule has 15 heavy (non-hydrogen) atoms. The molecule has 82 valence electrons. The molecule has 1 N–H and O–H groups in total. The Balaban J connectivity index is 2.02. The highest BCUT2D eigenvalue weighted by molar-refractivity contribution is 9.10. The Kier molecular flexibility index (Phi) is 3.14. The molecule has 3 heteroatoms. The van der Waals surface area contributed by atoms with Gasteiger partial charge >= 0.3 is 0 Å². The van der Waals surface area contributed by atoms with Gasteiger partial charge in [-0.2, -0.15) is 0 Å².